The number of carbonyl (C=O) groups is 2. The number of piperidine rings is 1. The maximum Gasteiger partial charge on any atom is 0.261 e. The fourth-order valence-corrected chi connectivity index (χ4v) is 2.81. The second-order valence-electron chi connectivity index (χ2n) is 6.27. The van der Waals surface area contributed by atoms with Gasteiger partial charge in [-0.05, 0) is 25.0 Å². The third kappa shape index (κ3) is 3.99. The molecule has 0 unspecified atom stereocenters. The van der Waals surface area contributed by atoms with Gasteiger partial charge < -0.3 is 19.7 Å². The van der Waals surface area contributed by atoms with Crippen molar-refractivity contribution in [3.63, 3.8) is 0 Å². The summed E-state index contributed by atoms with van der Waals surface area (Å²) in [5.74, 6) is 0.954. The molecule has 1 N–H and O–H groups in total. The van der Waals surface area contributed by atoms with Crippen LogP contribution in [0.5, 0.6) is 11.5 Å². The molecule has 2 amide bonds. The van der Waals surface area contributed by atoms with Gasteiger partial charge in [0, 0.05) is 25.0 Å². The van der Waals surface area contributed by atoms with Crippen molar-refractivity contribution in [2.24, 2.45) is 5.92 Å². The van der Waals surface area contributed by atoms with Crippen LogP contribution in [0, 0.1) is 5.92 Å². The van der Waals surface area contributed by atoms with Crippen LogP contribution in [-0.4, -0.2) is 50.1 Å². The first-order chi connectivity index (χ1) is 11.5. The fraction of sp³-hybridized carbons (Fsp3) is 0.556. The average molecular weight is 334 g/mol. The van der Waals surface area contributed by atoms with Gasteiger partial charge in [-0.2, -0.15) is 0 Å². The van der Waals surface area contributed by atoms with Gasteiger partial charge in [0.1, 0.15) is 17.1 Å². The maximum absolute atomic E-state index is 12.9. The molecule has 1 aromatic carbocycles. The van der Waals surface area contributed by atoms with Crippen molar-refractivity contribution in [2.45, 2.75) is 32.7 Å². The van der Waals surface area contributed by atoms with Crippen LogP contribution >= 0.6 is 0 Å². The number of carbonyl (C=O) groups excluding carboxylic acids is 2. The summed E-state index contributed by atoms with van der Waals surface area (Å²) >= 11 is 0. The second-order valence-corrected chi connectivity index (χ2v) is 6.27. The molecule has 0 spiro atoms. The SMILES string of the molecule is COc1cccc(OC)c1C(=O)N1CCC(NC(=O)C(C)C)CC1. The smallest absolute Gasteiger partial charge is 0.261 e. The molecule has 132 valence electrons. The lowest BCUT2D eigenvalue weighted by Crippen LogP contribution is -2.47. The summed E-state index contributed by atoms with van der Waals surface area (Å²) in [6.45, 7) is 4.95. The normalized spacial score (nSPS) is 15.3. The largest absolute Gasteiger partial charge is 0.496 e. The molecular weight excluding hydrogens is 308 g/mol. The highest BCUT2D eigenvalue weighted by Crippen LogP contribution is 2.30. The standard InChI is InChI=1S/C18H26N2O4/c1-12(2)17(21)19-13-8-10-20(11-9-13)18(22)16-14(23-3)6-5-7-15(16)24-4/h5-7,12-13H,8-11H2,1-4H3,(H,19,21). The average Bonchev–Trinajstić information content (AvgIpc) is 2.60. The van der Waals surface area contributed by atoms with E-state index in [1.165, 1.54) is 0 Å². The summed E-state index contributed by atoms with van der Waals surface area (Å²) in [6, 6.07) is 5.43. The molecule has 0 aliphatic carbocycles. The van der Waals surface area contributed by atoms with Crippen LogP contribution in [0.4, 0.5) is 0 Å². The van der Waals surface area contributed by atoms with Gasteiger partial charge >= 0.3 is 0 Å². The predicted octanol–water partition coefficient (Wildman–Crippen LogP) is 2.08. The number of likely N-dealkylation sites (tertiary alicyclic amines) is 1. The number of amides is 2. The Morgan fingerprint density at radius 2 is 1.67 bits per heavy atom. The number of rotatable bonds is 5. The van der Waals surface area contributed by atoms with Crippen molar-refractivity contribution < 1.29 is 19.1 Å². The third-order valence-electron chi connectivity index (χ3n) is 4.29. The van der Waals surface area contributed by atoms with Crippen LogP contribution < -0.4 is 14.8 Å². The molecular formula is C18H26N2O4. The number of nitrogens with zero attached hydrogens (tertiary/aromatic N) is 1. The highest BCUT2D eigenvalue weighted by atomic mass is 16.5. The number of methoxy groups -OCH3 is 2. The van der Waals surface area contributed by atoms with Crippen molar-refractivity contribution in [3.05, 3.63) is 23.8 Å². The van der Waals surface area contributed by atoms with Gasteiger partial charge in [0.25, 0.3) is 5.91 Å². The lowest BCUT2D eigenvalue weighted by Gasteiger charge is -2.33. The van der Waals surface area contributed by atoms with E-state index in [9.17, 15) is 9.59 Å². The van der Waals surface area contributed by atoms with Crippen molar-refractivity contribution in [2.75, 3.05) is 27.3 Å². The Kier molecular flexibility index (Phi) is 6.06. The van der Waals surface area contributed by atoms with Gasteiger partial charge in [0.05, 0.1) is 14.2 Å². The molecule has 0 bridgehead atoms. The molecule has 6 heteroatoms. The molecule has 6 nitrogen and oxygen atoms in total. The summed E-state index contributed by atoms with van der Waals surface area (Å²) < 4.78 is 10.6. The minimum absolute atomic E-state index is 0.0255. The zero-order valence-corrected chi connectivity index (χ0v) is 14.8. The monoisotopic (exact) mass is 334 g/mol. The topological polar surface area (TPSA) is 67.9 Å². The summed E-state index contributed by atoms with van der Waals surface area (Å²) in [5, 5.41) is 3.04. The lowest BCUT2D eigenvalue weighted by atomic mass is 10.0. The van der Waals surface area contributed by atoms with Gasteiger partial charge in [-0.1, -0.05) is 19.9 Å². The van der Waals surface area contributed by atoms with Crippen LogP contribution in [0.3, 0.4) is 0 Å². The molecule has 1 fully saturated rings. The maximum atomic E-state index is 12.9. The lowest BCUT2D eigenvalue weighted by molar-refractivity contribution is -0.124. The Balaban J connectivity index is 2.05. The van der Waals surface area contributed by atoms with E-state index in [1.807, 2.05) is 13.8 Å². The van der Waals surface area contributed by atoms with E-state index >= 15 is 0 Å². The van der Waals surface area contributed by atoms with Gasteiger partial charge in [-0.25, -0.2) is 0 Å². The molecule has 1 aromatic rings. The zero-order chi connectivity index (χ0) is 17.7. The van der Waals surface area contributed by atoms with Crippen molar-refractivity contribution >= 4 is 11.8 Å². The van der Waals surface area contributed by atoms with Crippen LogP contribution in [0.15, 0.2) is 18.2 Å². The number of hydrogen-bond acceptors (Lipinski definition) is 4. The first-order valence-electron chi connectivity index (χ1n) is 8.28. The Morgan fingerprint density at radius 1 is 1.12 bits per heavy atom. The number of hydrogen-bond donors (Lipinski definition) is 1. The van der Waals surface area contributed by atoms with Crippen molar-refractivity contribution in [1.82, 2.24) is 10.2 Å². The Labute approximate surface area is 143 Å². The van der Waals surface area contributed by atoms with Gasteiger partial charge in [-0.3, -0.25) is 9.59 Å². The molecule has 1 aliphatic rings. The Morgan fingerprint density at radius 3 is 2.12 bits per heavy atom. The number of nitrogens with one attached hydrogen (secondary N) is 1. The molecule has 24 heavy (non-hydrogen) atoms. The molecule has 0 aromatic heterocycles. The van der Waals surface area contributed by atoms with Crippen LogP contribution in [0.25, 0.3) is 0 Å². The van der Waals surface area contributed by atoms with Gasteiger partial charge in [0.15, 0.2) is 0 Å². The van der Waals surface area contributed by atoms with Gasteiger partial charge in [0.2, 0.25) is 5.91 Å². The first kappa shape index (κ1) is 18.1. The molecule has 1 aliphatic heterocycles. The minimum Gasteiger partial charge on any atom is -0.496 e. The molecule has 1 saturated heterocycles. The Hall–Kier alpha value is -2.24. The van der Waals surface area contributed by atoms with E-state index in [2.05, 4.69) is 5.32 Å². The predicted molar refractivity (Wildman–Crippen MR) is 91.5 cm³/mol. The van der Waals surface area contributed by atoms with Crippen LogP contribution in [-0.2, 0) is 4.79 Å². The van der Waals surface area contributed by atoms with E-state index < -0.39 is 0 Å². The highest BCUT2D eigenvalue weighted by molar-refractivity contribution is 5.99. The van der Waals surface area contributed by atoms with Crippen molar-refractivity contribution in [1.29, 1.82) is 0 Å². The minimum atomic E-state index is -0.0991. The van der Waals surface area contributed by atoms with E-state index in [-0.39, 0.29) is 23.8 Å². The summed E-state index contributed by atoms with van der Waals surface area (Å²) in [7, 11) is 3.08. The number of ether oxygens (including phenoxy) is 2. The van der Waals surface area contributed by atoms with Crippen molar-refractivity contribution in [3.8, 4) is 11.5 Å². The van der Waals surface area contributed by atoms with Gasteiger partial charge in [-0.15, -0.1) is 0 Å². The summed E-state index contributed by atoms with van der Waals surface area (Å²) in [4.78, 5) is 26.5. The molecule has 0 radical (unpaired) electrons. The molecule has 0 atom stereocenters. The molecule has 1 heterocycles. The zero-order valence-electron chi connectivity index (χ0n) is 14.8. The third-order valence-corrected chi connectivity index (χ3v) is 4.29. The molecule has 2 rings (SSSR count). The van der Waals surface area contributed by atoms with E-state index in [0.717, 1.165) is 12.8 Å². The Bertz CT molecular complexity index is 570. The highest BCUT2D eigenvalue weighted by Gasteiger charge is 2.28. The van der Waals surface area contributed by atoms with Crippen LogP contribution in [0.2, 0.25) is 0 Å². The van der Waals surface area contributed by atoms with Crippen LogP contribution in [0.1, 0.15) is 37.0 Å². The van der Waals surface area contributed by atoms with E-state index in [1.54, 1.807) is 37.3 Å². The molecule has 0 saturated carbocycles. The van der Waals surface area contributed by atoms with E-state index in [4.69, 9.17) is 9.47 Å². The van der Waals surface area contributed by atoms with E-state index in [0.29, 0.717) is 30.2 Å². The second kappa shape index (κ2) is 8.04. The summed E-state index contributed by atoms with van der Waals surface area (Å²) in [5.41, 5.74) is 0.451. The fourth-order valence-electron chi connectivity index (χ4n) is 2.81. The first-order valence-corrected chi connectivity index (χ1v) is 8.28. The summed E-state index contributed by atoms with van der Waals surface area (Å²) in [6.07, 6.45) is 1.50. The number of benzene rings is 1. The quantitative estimate of drug-likeness (QED) is 0.895.